The van der Waals surface area contributed by atoms with E-state index in [1.165, 1.54) is 0 Å². The standard InChI is InChI=1S/C15H20N2O3.ClH/c1-10(17-15(18)8-12(9-16)19-2)14-7-11-5-3-4-6-13(11)20-14;/h3-7,10,12H,8-9,16H2,1-2H3,(H,17,18);1H. The van der Waals surface area contributed by atoms with E-state index in [4.69, 9.17) is 14.9 Å². The molecule has 2 rings (SSSR count). The third-order valence-corrected chi connectivity index (χ3v) is 3.26. The number of carbonyl (C=O) groups excluding carboxylic acids is 1. The molecule has 0 aliphatic carbocycles. The Morgan fingerprint density at radius 2 is 2.14 bits per heavy atom. The Labute approximate surface area is 130 Å². The predicted molar refractivity (Wildman–Crippen MR) is 84.5 cm³/mol. The van der Waals surface area contributed by atoms with Crippen molar-refractivity contribution in [2.75, 3.05) is 13.7 Å². The fraction of sp³-hybridized carbons (Fsp3) is 0.400. The summed E-state index contributed by atoms with van der Waals surface area (Å²) in [4.78, 5) is 11.9. The van der Waals surface area contributed by atoms with Gasteiger partial charge >= 0.3 is 0 Å². The van der Waals surface area contributed by atoms with Crippen LogP contribution in [0.1, 0.15) is 25.1 Å². The van der Waals surface area contributed by atoms with E-state index < -0.39 is 0 Å². The molecule has 0 bridgehead atoms. The van der Waals surface area contributed by atoms with Crippen LogP contribution in [0.2, 0.25) is 0 Å². The normalized spacial score (nSPS) is 13.5. The van der Waals surface area contributed by atoms with Gasteiger partial charge in [0.15, 0.2) is 0 Å². The number of ether oxygens (including phenoxy) is 1. The first-order valence-corrected chi connectivity index (χ1v) is 6.64. The minimum Gasteiger partial charge on any atom is -0.459 e. The Bertz CT molecular complexity index is 548. The average molecular weight is 313 g/mol. The summed E-state index contributed by atoms with van der Waals surface area (Å²) in [5.41, 5.74) is 6.32. The topological polar surface area (TPSA) is 77.5 Å². The number of fused-ring (bicyclic) bond motifs is 1. The van der Waals surface area contributed by atoms with E-state index in [1.54, 1.807) is 7.11 Å². The highest BCUT2D eigenvalue weighted by Crippen LogP contribution is 2.23. The second-order valence-corrected chi connectivity index (χ2v) is 4.77. The van der Waals surface area contributed by atoms with Crippen molar-refractivity contribution in [3.8, 4) is 0 Å². The Hall–Kier alpha value is -1.56. The van der Waals surface area contributed by atoms with Gasteiger partial charge in [-0.05, 0) is 19.1 Å². The zero-order chi connectivity index (χ0) is 14.5. The third-order valence-electron chi connectivity index (χ3n) is 3.26. The maximum Gasteiger partial charge on any atom is 0.223 e. The largest absolute Gasteiger partial charge is 0.459 e. The number of benzene rings is 1. The molecule has 116 valence electrons. The van der Waals surface area contributed by atoms with Crippen molar-refractivity contribution in [1.82, 2.24) is 5.32 Å². The van der Waals surface area contributed by atoms with Gasteiger partial charge in [0.25, 0.3) is 0 Å². The highest BCUT2D eigenvalue weighted by molar-refractivity contribution is 5.85. The molecule has 0 saturated heterocycles. The molecule has 2 atom stereocenters. The Morgan fingerprint density at radius 3 is 2.76 bits per heavy atom. The molecule has 1 heterocycles. The van der Waals surface area contributed by atoms with Gasteiger partial charge in [-0.1, -0.05) is 18.2 Å². The summed E-state index contributed by atoms with van der Waals surface area (Å²) in [7, 11) is 1.55. The molecule has 1 aromatic carbocycles. The highest BCUT2D eigenvalue weighted by Gasteiger charge is 2.17. The van der Waals surface area contributed by atoms with Crippen LogP contribution in [0.3, 0.4) is 0 Å². The lowest BCUT2D eigenvalue weighted by molar-refractivity contribution is -0.124. The van der Waals surface area contributed by atoms with E-state index in [1.807, 2.05) is 37.3 Å². The van der Waals surface area contributed by atoms with Gasteiger partial charge in [0.05, 0.1) is 18.6 Å². The maximum atomic E-state index is 11.9. The first-order chi connectivity index (χ1) is 9.63. The van der Waals surface area contributed by atoms with Crippen LogP contribution in [0, 0.1) is 0 Å². The zero-order valence-electron chi connectivity index (χ0n) is 12.2. The number of para-hydroxylation sites is 1. The Morgan fingerprint density at radius 1 is 1.43 bits per heavy atom. The van der Waals surface area contributed by atoms with Crippen LogP contribution in [-0.4, -0.2) is 25.7 Å². The summed E-state index contributed by atoms with van der Waals surface area (Å²) in [6.07, 6.45) is -0.00438. The molecule has 6 heteroatoms. The molecule has 2 unspecified atom stereocenters. The summed E-state index contributed by atoms with van der Waals surface area (Å²) in [5, 5.41) is 3.92. The Balaban J connectivity index is 0.00000220. The highest BCUT2D eigenvalue weighted by atomic mass is 35.5. The second kappa shape index (κ2) is 8.02. The van der Waals surface area contributed by atoms with Crippen molar-refractivity contribution >= 4 is 29.3 Å². The van der Waals surface area contributed by atoms with Gasteiger partial charge in [0.1, 0.15) is 11.3 Å². The first-order valence-electron chi connectivity index (χ1n) is 6.64. The fourth-order valence-corrected chi connectivity index (χ4v) is 2.06. The van der Waals surface area contributed by atoms with E-state index in [0.29, 0.717) is 6.54 Å². The van der Waals surface area contributed by atoms with Crippen molar-refractivity contribution in [3.05, 3.63) is 36.1 Å². The van der Waals surface area contributed by atoms with E-state index in [2.05, 4.69) is 5.32 Å². The van der Waals surface area contributed by atoms with Gasteiger partial charge in [0, 0.05) is 19.0 Å². The van der Waals surface area contributed by atoms with Crippen molar-refractivity contribution in [1.29, 1.82) is 0 Å². The third kappa shape index (κ3) is 4.46. The monoisotopic (exact) mass is 312 g/mol. The van der Waals surface area contributed by atoms with Crippen LogP contribution < -0.4 is 11.1 Å². The molecule has 0 saturated carbocycles. The van der Waals surface area contributed by atoms with Crippen LogP contribution in [0.4, 0.5) is 0 Å². The molecule has 1 aromatic heterocycles. The predicted octanol–water partition coefficient (Wildman–Crippen LogP) is 2.40. The quantitative estimate of drug-likeness (QED) is 0.858. The fourth-order valence-electron chi connectivity index (χ4n) is 2.06. The maximum absolute atomic E-state index is 11.9. The van der Waals surface area contributed by atoms with Crippen LogP contribution in [0.5, 0.6) is 0 Å². The van der Waals surface area contributed by atoms with Gasteiger partial charge in [-0.2, -0.15) is 0 Å². The number of methoxy groups -OCH3 is 1. The number of amides is 1. The number of hydrogen-bond donors (Lipinski definition) is 2. The lowest BCUT2D eigenvalue weighted by Gasteiger charge is -2.15. The van der Waals surface area contributed by atoms with Crippen molar-refractivity contribution in [3.63, 3.8) is 0 Å². The molecule has 0 aliphatic heterocycles. The van der Waals surface area contributed by atoms with Gasteiger partial charge < -0.3 is 20.2 Å². The summed E-state index contributed by atoms with van der Waals surface area (Å²) < 4.78 is 10.8. The number of rotatable bonds is 6. The lowest BCUT2D eigenvalue weighted by atomic mass is 10.2. The average Bonchev–Trinajstić information content (AvgIpc) is 2.88. The van der Waals surface area contributed by atoms with Crippen LogP contribution >= 0.6 is 12.4 Å². The van der Waals surface area contributed by atoms with Crippen molar-refractivity contribution in [2.45, 2.75) is 25.5 Å². The van der Waals surface area contributed by atoms with Gasteiger partial charge in [-0.25, -0.2) is 0 Å². The van der Waals surface area contributed by atoms with Crippen LogP contribution in [-0.2, 0) is 9.53 Å². The minimum absolute atomic E-state index is 0. The van der Waals surface area contributed by atoms with E-state index in [-0.39, 0.29) is 36.9 Å². The van der Waals surface area contributed by atoms with Crippen LogP contribution in [0.25, 0.3) is 11.0 Å². The van der Waals surface area contributed by atoms with Gasteiger partial charge in [0.2, 0.25) is 5.91 Å². The molecule has 5 nitrogen and oxygen atoms in total. The summed E-state index contributed by atoms with van der Waals surface area (Å²) in [5.74, 6) is 0.636. The van der Waals surface area contributed by atoms with E-state index in [9.17, 15) is 4.79 Å². The number of hydrogen-bond acceptors (Lipinski definition) is 4. The molecule has 0 fully saturated rings. The molecule has 0 spiro atoms. The first kappa shape index (κ1) is 17.5. The molecule has 0 radical (unpaired) electrons. The number of nitrogens with one attached hydrogen (secondary N) is 1. The molecule has 0 aliphatic rings. The van der Waals surface area contributed by atoms with Crippen LogP contribution in [0.15, 0.2) is 34.7 Å². The molecule has 2 aromatic rings. The smallest absolute Gasteiger partial charge is 0.223 e. The van der Waals surface area contributed by atoms with Gasteiger partial charge in [-0.15, -0.1) is 12.4 Å². The summed E-state index contributed by atoms with van der Waals surface area (Å²) in [6, 6.07) is 9.51. The second-order valence-electron chi connectivity index (χ2n) is 4.77. The van der Waals surface area contributed by atoms with Crippen molar-refractivity contribution < 1.29 is 13.9 Å². The number of halogens is 1. The minimum atomic E-state index is -0.252. The Kier molecular flexibility index (Phi) is 6.68. The molecule has 3 N–H and O–H groups in total. The van der Waals surface area contributed by atoms with E-state index >= 15 is 0 Å². The summed E-state index contributed by atoms with van der Waals surface area (Å²) in [6.45, 7) is 2.21. The summed E-state index contributed by atoms with van der Waals surface area (Å²) >= 11 is 0. The SMILES string of the molecule is COC(CN)CC(=O)NC(C)c1cc2ccccc2o1.Cl. The number of carbonyl (C=O) groups is 1. The van der Waals surface area contributed by atoms with E-state index in [0.717, 1.165) is 16.7 Å². The van der Waals surface area contributed by atoms with Crippen molar-refractivity contribution in [2.24, 2.45) is 5.73 Å². The number of nitrogens with two attached hydrogens (primary N) is 1. The number of furan rings is 1. The zero-order valence-corrected chi connectivity index (χ0v) is 13.0. The molecule has 21 heavy (non-hydrogen) atoms. The lowest BCUT2D eigenvalue weighted by Crippen LogP contribution is -2.33. The molecular formula is C15H21ClN2O3. The molecule has 1 amide bonds. The van der Waals surface area contributed by atoms with Gasteiger partial charge in [-0.3, -0.25) is 4.79 Å². The molecular weight excluding hydrogens is 292 g/mol.